The third-order valence-corrected chi connectivity index (χ3v) is 2.64. The Balaban J connectivity index is 2.68. The summed E-state index contributed by atoms with van der Waals surface area (Å²) in [6.45, 7) is 1.85. The minimum absolute atomic E-state index is 0.361. The summed E-state index contributed by atoms with van der Waals surface area (Å²) in [5, 5.41) is 9.09. The van der Waals surface area contributed by atoms with Crippen LogP contribution in [0.5, 0.6) is 0 Å². The summed E-state index contributed by atoms with van der Waals surface area (Å²) in [6.07, 6.45) is 1.01. The van der Waals surface area contributed by atoms with Crippen molar-refractivity contribution in [2.45, 2.75) is 6.42 Å². The zero-order valence-electron chi connectivity index (χ0n) is 10.7. The second-order valence-electron chi connectivity index (χ2n) is 4.40. The average Bonchev–Trinajstić information content (AvgIpc) is 2.28. The normalized spacial score (nSPS) is 10.6. The lowest BCUT2D eigenvalue weighted by Gasteiger charge is -2.22. The Hall–Kier alpha value is -1.55. The average molecular weight is 236 g/mol. The SMILES string of the molecule is CN(C)CCCN(C)c1ccccc1C(=O)O. The number of carbonyl (C=O) groups is 1. The smallest absolute Gasteiger partial charge is 0.337 e. The van der Waals surface area contributed by atoms with Gasteiger partial charge < -0.3 is 14.9 Å². The van der Waals surface area contributed by atoms with Crippen molar-refractivity contribution in [1.29, 1.82) is 0 Å². The Morgan fingerprint density at radius 3 is 2.41 bits per heavy atom. The molecule has 4 nitrogen and oxygen atoms in total. The summed E-state index contributed by atoms with van der Waals surface area (Å²) in [6, 6.07) is 7.10. The van der Waals surface area contributed by atoms with Gasteiger partial charge in [-0.2, -0.15) is 0 Å². The molecule has 1 aromatic rings. The van der Waals surface area contributed by atoms with Crippen LogP contribution in [-0.4, -0.2) is 50.2 Å². The minimum Gasteiger partial charge on any atom is -0.478 e. The molecule has 0 saturated carbocycles. The molecule has 0 radical (unpaired) electrons. The second-order valence-corrected chi connectivity index (χ2v) is 4.40. The van der Waals surface area contributed by atoms with Gasteiger partial charge in [-0.25, -0.2) is 4.79 Å². The number of benzene rings is 1. The molecule has 0 heterocycles. The van der Waals surface area contributed by atoms with E-state index in [9.17, 15) is 4.79 Å². The standard InChI is InChI=1S/C13H20N2O2/c1-14(2)9-6-10-15(3)12-8-5-4-7-11(12)13(16)17/h4-5,7-8H,6,9-10H2,1-3H3,(H,16,17). The van der Waals surface area contributed by atoms with Crippen molar-refractivity contribution in [1.82, 2.24) is 4.90 Å². The van der Waals surface area contributed by atoms with Gasteiger partial charge in [0.05, 0.1) is 11.3 Å². The van der Waals surface area contributed by atoms with Crippen LogP contribution in [0.15, 0.2) is 24.3 Å². The van der Waals surface area contributed by atoms with Gasteiger partial charge >= 0.3 is 5.97 Å². The Morgan fingerprint density at radius 1 is 1.18 bits per heavy atom. The Bertz CT molecular complexity index is 377. The maximum Gasteiger partial charge on any atom is 0.337 e. The van der Waals surface area contributed by atoms with Crippen LogP contribution in [-0.2, 0) is 0 Å². The lowest BCUT2D eigenvalue weighted by molar-refractivity contribution is 0.0697. The van der Waals surface area contributed by atoms with Gasteiger partial charge in [0.25, 0.3) is 0 Å². The van der Waals surface area contributed by atoms with E-state index in [0.29, 0.717) is 5.56 Å². The number of hydrogen-bond acceptors (Lipinski definition) is 3. The highest BCUT2D eigenvalue weighted by Crippen LogP contribution is 2.19. The van der Waals surface area contributed by atoms with E-state index in [1.165, 1.54) is 0 Å². The molecule has 0 fully saturated rings. The zero-order valence-corrected chi connectivity index (χ0v) is 10.7. The summed E-state index contributed by atoms with van der Waals surface area (Å²) in [7, 11) is 5.99. The third-order valence-electron chi connectivity index (χ3n) is 2.64. The van der Waals surface area contributed by atoms with E-state index in [0.717, 1.165) is 25.2 Å². The molecule has 94 valence electrons. The van der Waals surface area contributed by atoms with Crippen molar-refractivity contribution in [2.75, 3.05) is 39.1 Å². The number of carboxylic acid groups (broad SMARTS) is 1. The van der Waals surface area contributed by atoms with Gasteiger partial charge in [0.15, 0.2) is 0 Å². The summed E-state index contributed by atoms with van der Waals surface area (Å²) >= 11 is 0. The van der Waals surface area contributed by atoms with E-state index < -0.39 is 5.97 Å². The molecular weight excluding hydrogens is 216 g/mol. The van der Waals surface area contributed by atoms with Crippen molar-refractivity contribution < 1.29 is 9.90 Å². The largest absolute Gasteiger partial charge is 0.478 e. The van der Waals surface area contributed by atoms with Crippen molar-refractivity contribution >= 4 is 11.7 Å². The highest BCUT2D eigenvalue weighted by Gasteiger charge is 2.11. The maximum atomic E-state index is 11.1. The predicted octanol–water partition coefficient (Wildman–Crippen LogP) is 1.77. The van der Waals surface area contributed by atoms with Crippen molar-refractivity contribution in [3.05, 3.63) is 29.8 Å². The fraction of sp³-hybridized carbons (Fsp3) is 0.462. The van der Waals surface area contributed by atoms with Gasteiger partial charge in [-0.05, 0) is 39.2 Å². The summed E-state index contributed by atoms with van der Waals surface area (Å²) < 4.78 is 0. The Labute approximate surface area is 102 Å². The lowest BCUT2D eigenvalue weighted by Crippen LogP contribution is -2.24. The fourth-order valence-electron chi connectivity index (χ4n) is 1.73. The maximum absolute atomic E-state index is 11.1. The molecule has 1 rings (SSSR count). The highest BCUT2D eigenvalue weighted by atomic mass is 16.4. The monoisotopic (exact) mass is 236 g/mol. The number of carboxylic acids is 1. The number of rotatable bonds is 6. The number of hydrogen-bond donors (Lipinski definition) is 1. The van der Waals surface area contributed by atoms with Crippen molar-refractivity contribution in [2.24, 2.45) is 0 Å². The molecule has 0 atom stereocenters. The van der Waals surface area contributed by atoms with Crippen LogP contribution in [0.3, 0.4) is 0 Å². The van der Waals surface area contributed by atoms with Gasteiger partial charge in [-0.3, -0.25) is 0 Å². The molecule has 0 bridgehead atoms. The highest BCUT2D eigenvalue weighted by molar-refractivity contribution is 5.94. The first-order valence-electron chi connectivity index (χ1n) is 5.70. The number of para-hydroxylation sites is 1. The molecule has 0 aromatic heterocycles. The third kappa shape index (κ3) is 4.07. The molecule has 0 unspecified atom stereocenters. The van der Waals surface area contributed by atoms with Crippen LogP contribution in [0.1, 0.15) is 16.8 Å². The van der Waals surface area contributed by atoms with Crippen molar-refractivity contribution in [3.8, 4) is 0 Å². The minimum atomic E-state index is -0.875. The van der Waals surface area contributed by atoms with Crippen LogP contribution in [0.4, 0.5) is 5.69 Å². The van der Waals surface area contributed by atoms with Gasteiger partial charge in [0.1, 0.15) is 0 Å². The van der Waals surface area contributed by atoms with E-state index in [1.54, 1.807) is 12.1 Å². The van der Waals surface area contributed by atoms with E-state index in [-0.39, 0.29) is 0 Å². The molecule has 0 aliphatic rings. The van der Waals surface area contributed by atoms with E-state index in [4.69, 9.17) is 5.11 Å². The molecule has 1 N–H and O–H groups in total. The first kappa shape index (κ1) is 13.5. The molecule has 0 aliphatic heterocycles. The molecule has 4 heteroatoms. The molecule has 1 aromatic carbocycles. The van der Waals surface area contributed by atoms with Crippen molar-refractivity contribution in [3.63, 3.8) is 0 Å². The van der Waals surface area contributed by atoms with Crippen LogP contribution in [0, 0.1) is 0 Å². The number of nitrogens with zero attached hydrogens (tertiary/aromatic N) is 2. The quantitative estimate of drug-likeness (QED) is 0.817. The van der Waals surface area contributed by atoms with Gasteiger partial charge in [0.2, 0.25) is 0 Å². The van der Waals surface area contributed by atoms with Crippen LogP contribution < -0.4 is 4.90 Å². The van der Waals surface area contributed by atoms with E-state index >= 15 is 0 Å². The zero-order chi connectivity index (χ0) is 12.8. The van der Waals surface area contributed by atoms with Crippen LogP contribution >= 0.6 is 0 Å². The Kier molecular flexibility index (Phi) is 4.97. The topological polar surface area (TPSA) is 43.8 Å². The molecule has 0 spiro atoms. The first-order chi connectivity index (χ1) is 8.02. The molecule has 0 saturated heterocycles. The second kappa shape index (κ2) is 6.25. The number of aromatic carboxylic acids is 1. The van der Waals surface area contributed by atoms with Crippen LogP contribution in [0.2, 0.25) is 0 Å². The molecule has 17 heavy (non-hydrogen) atoms. The fourth-order valence-corrected chi connectivity index (χ4v) is 1.73. The lowest BCUT2D eigenvalue weighted by atomic mass is 10.1. The molecule has 0 amide bonds. The Morgan fingerprint density at radius 2 is 1.82 bits per heavy atom. The van der Waals surface area contributed by atoms with Gasteiger partial charge in [-0.15, -0.1) is 0 Å². The molecular formula is C13H20N2O2. The van der Waals surface area contributed by atoms with E-state index in [2.05, 4.69) is 4.90 Å². The first-order valence-corrected chi connectivity index (χ1v) is 5.70. The van der Waals surface area contributed by atoms with Gasteiger partial charge in [-0.1, -0.05) is 12.1 Å². The summed E-state index contributed by atoms with van der Waals surface area (Å²) in [4.78, 5) is 15.2. The summed E-state index contributed by atoms with van der Waals surface area (Å²) in [5.41, 5.74) is 1.14. The van der Waals surface area contributed by atoms with Gasteiger partial charge in [0, 0.05) is 13.6 Å². The molecule has 0 aliphatic carbocycles. The summed E-state index contributed by atoms with van der Waals surface area (Å²) in [5.74, 6) is -0.875. The predicted molar refractivity (Wildman–Crippen MR) is 69.8 cm³/mol. The van der Waals surface area contributed by atoms with E-state index in [1.807, 2.05) is 38.2 Å². The van der Waals surface area contributed by atoms with Crippen LogP contribution in [0.25, 0.3) is 0 Å². The number of anilines is 1.